The number of nitrogens with one attached hydrogen (secondary N) is 1. The van der Waals surface area contributed by atoms with E-state index in [2.05, 4.69) is 25.3 Å². The van der Waals surface area contributed by atoms with Gasteiger partial charge in [0.2, 0.25) is 5.95 Å². The molecule has 0 saturated carbocycles. The molecule has 1 aromatic carbocycles. The molecule has 6 nitrogen and oxygen atoms in total. The molecule has 4 rings (SSSR count). The third-order valence-electron chi connectivity index (χ3n) is 3.28. The fraction of sp³-hybridized carbons (Fsp3) is 0. The number of hydrogen-bond acceptors (Lipinski definition) is 7. The number of anilines is 2. The van der Waals surface area contributed by atoms with Gasteiger partial charge in [0.1, 0.15) is 22.2 Å². The number of thiazole rings is 1. The molecule has 0 amide bonds. The van der Waals surface area contributed by atoms with Crippen LogP contribution in [0.4, 0.5) is 11.6 Å². The molecule has 0 saturated heterocycles. The fourth-order valence-corrected chi connectivity index (χ4v) is 2.80. The molecule has 0 atom stereocenters. The number of hydrogen-bond donors (Lipinski definition) is 1. The Bertz CT molecular complexity index is 960. The van der Waals surface area contributed by atoms with Crippen molar-refractivity contribution in [1.82, 2.24) is 19.9 Å². The minimum absolute atomic E-state index is 0.508. The second-order valence-electron chi connectivity index (χ2n) is 5.04. The van der Waals surface area contributed by atoms with Crippen molar-refractivity contribution in [1.29, 1.82) is 0 Å². The first-order chi connectivity index (χ1) is 12.4. The van der Waals surface area contributed by atoms with Crippen molar-refractivity contribution in [2.24, 2.45) is 0 Å². The molecule has 7 heteroatoms. The van der Waals surface area contributed by atoms with E-state index in [9.17, 15) is 0 Å². The summed E-state index contributed by atoms with van der Waals surface area (Å²) in [6, 6.07) is 13.1. The number of nitrogens with zero attached hydrogens (tertiary/aromatic N) is 4. The molecule has 122 valence electrons. The normalized spacial score (nSPS) is 10.4. The van der Waals surface area contributed by atoms with Crippen LogP contribution in [-0.2, 0) is 0 Å². The van der Waals surface area contributed by atoms with Crippen molar-refractivity contribution in [3.8, 4) is 22.2 Å². The lowest BCUT2D eigenvalue weighted by Gasteiger charge is -2.09. The van der Waals surface area contributed by atoms with E-state index in [1.165, 1.54) is 0 Å². The molecule has 3 aromatic heterocycles. The minimum Gasteiger partial charge on any atom is -0.457 e. The van der Waals surface area contributed by atoms with Crippen molar-refractivity contribution in [2.45, 2.75) is 0 Å². The van der Waals surface area contributed by atoms with E-state index in [1.54, 1.807) is 48.3 Å². The Hall–Kier alpha value is -3.32. The molecule has 0 unspecified atom stereocenters. The quantitative estimate of drug-likeness (QED) is 0.572. The van der Waals surface area contributed by atoms with Gasteiger partial charge in [-0.1, -0.05) is 6.07 Å². The summed E-state index contributed by atoms with van der Waals surface area (Å²) in [6.07, 6.45) is 6.85. The van der Waals surface area contributed by atoms with Crippen LogP contribution < -0.4 is 10.1 Å². The number of ether oxygens (including phenoxy) is 1. The zero-order valence-corrected chi connectivity index (χ0v) is 13.9. The second kappa shape index (κ2) is 7.06. The van der Waals surface area contributed by atoms with Gasteiger partial charge in [-0.3, -0.25) is 4.98 Å². The standard InChI is InChI=1S/C18H13N5OS/c1-2-13(12-15(3-1)24-14-4-7-19-8-5-14)22-18-21-9-6-16(23-18)17-20-10-11-25-17/h1-12H,(H,21,22,23). The summed E-state index contributed by atoms with van der Waals surface area (Å²) < 4.78 is 5.81. The molecule has 4 aromatic rings. The molecule has 0 spiro atoms. The van der Waals surface area contributed by atoms with E-state index in [1.807, 2.05) is 35.7 Å². The minimum atomic E-state index is 0.508. The first kappa shape index (κ1) is 15.2. The Morgan fingerprint density at radius 2 is 1.80 bits per heavy atom. The average molecular weight is 347 g/mol. The first-order valence-electron chi connectivity index (χ1n) is 7.55. The number of aromatic nitrogens is 4. The Labute approximate surface area is 148 Å². The summed E-state index contributed by atoms with van der Waals surface area (Å²) in [7, 11) is 0. The van der Waals surface area contributed by atoms with Crippen LogP contribution in [0.2, 0.25) is 0 Å². The van der Waals surface area contributed by atoms with Gasteiger partial charge >= 0.3 is 0 Å². The highest BCUT2D eigenvalue weighted by Crippen LogP contribution is 2.25. The van der Waals surface area contributed by atoms with E-state index in [4.69, 9.17) is 4.74 Å². The van der Waals surface area contributed by atoms with Crippen LogP contribution in [0.1, 0.15) is 0 Å². The lowest BCUT2D eigenvalue weighted by molar-refractivity contribution is 0.482. The maximum atomic E-state index is 5.81. The van der Waals surface area contributed by atoms with E-state index in [-0.39, 0.29) is 0 Å². The van der Waals surface area contributed by atoms with Gasteiger partial charge in [-0.15, -0.1) is 11.3 Å². The smallest absolute Gasteiger partial charge is 0.227 e. The van der Waals surface area contributed by atoms with Crippen molar-refractivity contribution < 1.29 is 4.74 Å². The van der Waals surface area contributed by atoms with Gasteiger partial charge in [0.15, 0.2) is 0 Å². The molecular weight excluding hydrogens is 334 g/mol. The predicted octanol–water partition coefficient (Wildman–Crippen LogP) is 4.53. The Kier molecular flexibility index (Phi) is 4.30. The molecule has 25 heavy (non-hydrogen) atoms. The van der Waals surface area contributed by atoms with Gasteiger partial charge in [-0.05, 0) is 30.3 Å². The lowest BCUT2D eigenvalue weighted by Crippen LogP contribution is -1.98. The summed E-state index contributed by atoms with van der Waals surface area (Å²) in [5.41, 5.74) is 1.62. The summed E-state index contributed by atoms with van der Waals surface area (Å²) in [4.78, 5) is 17.0. The molecule has 1 N–H and O–H groups in total. The fourth-order valence-electron chi connectivity index (χ4n) is 2.20. The van der Waals surface area contributed by atoms with E-state index in [0.717, 1.165) is 22.1 Å². The largest absolute Gasteiger partial charge is 0.457 e. The molecular formula is C18H13N5OS. The molecule has 0 aliphatic rings. The maximum absolute atomic E-state index is 5.81. The van der Waals surface area contributed by atoms with Crippen molar-refractivity contribution in [2.75, 3.05) is 5.32 Å². The highest BCUT2D eigenvalue weighted by atomic mass is 32.1. The zero-order valence-electron chi connectivity index (χ0n) is 13.0. The molecule has 0 fully saturated rings. The van der Waals surface area contributed by atoms with Gasteiger partial charge in [0.25, 0.3) is 0 Å². The van der Waals surface area contributed by atoms with Gasteiger partial charge in [0.05, 0.1) is 0 Å². The van der Waals surface area contributed by atoms with Crippen LogP contribution in [0.15, 0.2) is 72.6 Å². The molecule has 0 radical (unpaired) electrons. The van der Waals surface area contributed by atoms with Crippen LogP contribution in [-0.4, -0.2) is 19.9 Å². The number of pyridine rings is 1. The van der Waals surface area contributed by atoms with Crippen LogP contribution in [0.25, 0.3) is 10.7 Å². The zero-order chi connectivity index (χ0) is 16.9. The van der Waals surface area contributed by atoms with Crippen molar-refractivity contribution >= 4 is 23.0 Å². The van der Waals surface area contributed by atoms with Crippen molar-refractivity contribution in [3.05, 3.63) is 72.6 Å². The summed E-state index contributed by atoms with van der Waals surface area (Å²) in [6.45, 7) is 0. The number of rotatable bonds is 5. The summed E-state index contributed by atoms with van der Waals surface area (Å²) >= 11 is 1.54. The van der Waals surface area contributed by atoms with Crippen LogP contribution in [0.5, 0.6) is 11.5 Å². The monoisotopic (exact) mass is 347 g/mol. The third kappa shape index (κ3) is 3.78. The van der Waals surface area contributed by atoms with Gasteiger partial charge < -0.3 is 10.1 Å². The van der Waals surface area contributed by atoms with Crippen molar-refractivity contribution in [3.63, 3.8) is 0 Å². The van der Waals surface area contributed by atoms with E-state index in [0.29, 0.717) is 11.7 Å². The van der Waals surface area contributed by atoms with Crippen LogP contribution in [0, 0.1) is 0 Å². The second-order valence-corrected chi connectivity index (χ2v) is 5.94. The van der Waals surface area contributed by atoms with Gasteiger partial charge in [0, 0.05) is 41.9 Å². The SMILES string of the molecule is c1cc(Nc2nccc(-c3nccs3)n2)cc(Oc2ccncc2)c1. The lowest BCUT2D eigenvalue weighted by atomic mass is 10.3. The highest BCUT2D eigenvalue weighted by molar-refractivity contribution is 7.13. The van der Waals surface area contributed by atoms with Crippen LogP contribution >= 0.6 is 11.3 Å². The third-order valence-corrected chi connectivity index (χ3v) is 4.08. The number of benzene rings is 1. The maximum Gasteiger partial charge on any atom is 0.227 e. The highest BCUT2D eigenvalue weighted by Gasteiger charge is 2.05. The summed E-state index contributed by atoms with van der Waals surface area (Å²) in [5.74, 6) is 1.95. The van der Waals surface area contributed by atoms with Gasteiger partial charge in [-0.25, -0.2) is 15.0 Å². The molecule has 0 bridgehead atoms. The van der Waals surface area contributed by atoms with Crippen LogP contribution in [0.3, 0.4) is 0 Å². The molecule has 3 heterocycles. The first-order valence-corrected chi connectivity index (χ1v) is 8.43. The van der Waals surface area contributed by atoms with Gasteiger partial charge in [-0.2, -0.15) is 0 Å². The topological polar surface area (TPSA) is 72.8 Å². The Balaban J connectivity index is 1.53. The predicted molar refractivity (Wildman–Crippen MR) is 97.2 cm³/mol. The Morgan fingerprint density at radius 3 is 2.64 bits per heavy atom. The summed E-state index contributed by atoms with van der Waals surface area (Å²) in [5, 5.41) is 5.98. The average Bonchev–Trinajstić information content (AvgIpc) is 3.18. The Morgan fingerprint density at radius 1 is 0.880 bits per heavy atom. The van der Waals surface area contributed by atoms with E-state index < -0.39 is 0 Å². The molecule has 0 aliphatic heterocycles. The molecule has 0 aliphatic carbocycles. The van der Waals surface area contributed by atoms with E-state index >= 15 is 0 Å².